The first-order valence-corrected chi connectivity index (χ1v) is 4.87. The molecule has 3 nitrogen and oxygen atoms in total. The van der Waals surface area contributed by atoms with Crippen LogP contribution in [-0.4, -0.2) is 17.2 Å². The van der Waals surface area contributed by atoms with E-state index in [1.807, 2.05) is 41.5 Å². The van der Waals surface area contributed by atoms with Gasteiger partial charge in [-0.25, -0.2) is 0 Å². The van der Waals surface area contributed by atoms with E-state index in [0.717, 1.165) is 0 Å². The Balaban J connectivity index is 4.16. The maximum absolute atomic E-state index is 11.5. The molecular formula is C11H21NO2. The molecule has 1 amide bonds. The van der Waals surface area contributed by atoms with E-state index in [4.69, 9.17) is 0 Å². The Bertz CT molecular complexity index is 231. The summed E-state index contributed by atoms with van der Waals surface area (Å²) in [4.78, 5) is 22.9. The molecule has 0 saturated heterocycles. The van der Waals surface area contributed by atoms with Crippen molar-refractivity contribution in [1.82, 2.24) is 5.32 Å². The molecule has 0 aliphatic carbocycles. The van der Waals surface area contributed by atoms with E-state index in [2.05, 4.69) is 5.32 Å². The van der Waals surface area contributed by atoms with Gasteiger partial charge in [-0.1, -0.05) is 20.8 Å². The van der Waals surface area contributed by atoms with Crippen LogP contribution in [0.1, 0.15) is 48.0 Å². The van der Waals surface area contributed by atoms with Gasteiger partial charge in [-0.3, -0.25) is 9.59 Å². The summed E-state index contributed by atoms with van der Waals surface area (Å²) in [6.45, 7) is 11.1. The molecule has 82 valence electrons. The molecule has 0 unspecified atom stereocenters. The maximum Gasteiger partial charge on any atom is 0.227 e. The number of amides is 1. The van der Waals surface area contributed by atoms with Gasteiger partial charge in [0.1, 0.15) is 5.78 Å². The predicted octanol–water partition coefficient (Wildman–Crippen LogP) is 1.91. The summed E-state index contributed by atoms with van der Waals surface area (Å²) in [6, 6.07) is 0. The molecule has 0 spiro atoms. The first-order valence-electron chi connectivity index (χ1n) is 4.87. The molecule has 0 aliphatic rings. The van der Waals surface area contributed by atoms with Gasteiger partial charge in [-0.2, -0.15) is 0 Å². The normalized spacial score (nSPS) is 12.4. The van der Waals surface area contributed by atoms with Crippen LogP contribution >= 0.6 is 0 Å². The molecule has 0 fully saturated rings. The lowest BCUT2D eigenvalue weighted by atomic mass is 9.88. The lowest BCUT2D eigenvalue weighted by Gasteiger charge is -2.22. The van der Waals surface area contributed by atoms with Crippen LogP contribution in [0, 0.1) is 5.41 Å². The highest BCUT2D eigenvalue weighted by Crippen LogP contribution is 2.16. The van der Waals surface area contributed by atoms with Crippen molar-refractivity contribution < 1.29 is 9.59 Å². The SMILES string of the molecule is CC(C)(C)NC(=O)CC(=O)C(C)(C)C. The average Bonchev–Trinajstić information content (AvgIpc) is 1.79. The minimum absolute atomic E-state index is 0.0270. The smallest absolute Gasteiger partial charge is 0.227 e. The van der Waals surface area contributed by atoms with Gasteiger partial charge in [0, 0.05) is 11.0 Å². The van der Waals surface area contributed by atoms with E-state index in [-0.39, 0.29) is 23.7 Å². The molecular weight excluding hydrogens is 178 g/mol. The van der Waals surface area contributed by atoms with Crippen LogP contribution in [0.25, 0.3) is 0 Å². The largest absolute Gasteiger partial charge is 0.351 e. The van der Waals surface area contributed by atoms with E-state index in [0.29, 0.717) is 0 Å². The number of carbonyl (C=O) groups excluding carboxylic acids is 2. The summed E-state index contributed by atoms with van der Waals surface area (Å²) in [7, 11) is 0. The van der Waals surface area contributed by atoms with Gasteiger partial charge in [-0.05, 0) is 20.8 Å². The molecule has 0 aromatic heterocycles. The van der Waals surface area contributed by atoms with Crippen molar-refractivity contribution in [2.75, 3.05) is 0 Å². The van der Waals surface area contributed by atoms with Crippen LogP contribution in [0.3, 0.4) is 0 Å². The summed E-state index contributed by atoms with van der Waals surface area (Å²) in [5.74, 6) is -0.225. The summed E-state index contributed by atoms with van der Waals surface area (Å²) < 4.78 is 0. The van der Waals surface area contributed by atoms with Gasteiger partial charge in [0.25, 0.3) is 0 Å². The molecule has 1 N–H and O–H groups in total. The quantitative estimate of drug-likeness (QED) is 0.690. The van der Waals surface area contributed by atoms with Crippen molar-refractivity contribution in [3.63, 3.8) is 0 Å². The Kier molecular flexibility index (Phi) is 3.86. The molecule has 0 aromatic rings. The van der Waals surface area contributed by atoms with Crippen LogP contribution in [-0.2, 0) is 9.59 Å². The first-order chi connectivity index (χ1) is 6.02. The van der Waals surface area contributed by atoms with Gasteiger partial charge in [0.05, 0.1) is 6.42 Å². The zero-order valence-corrected chi connectivity index (χ0v) is 10.0. The lowest BCUT2D eigenvalue weighted by molar-refractivity contribution is -0.133. The molecule has 14 heavy (non-hydrogen) atoms. The van der Waals surface area contributed by atoms with Crippen LogP contribution in [0.4, 0.5) is 0 Å². The average molecular weight is 199 g/mol. The highest BCUT2D eigenvalue weighted by atomic mass is 16.2. The van der Waals surface area contributed by atoms with Crippen LogP contribution in [0.15, 0.2) is 0 Å². The van der Waals surface area contributed by atoms with Gasteiger partial charge < -0.3 is 5.32 Å². The fourth-order valence-corrected chi connectivity index (χ4v) is 0.873. The Hall–Kier alpha value is -0.860. The van der Waals surface area contributed by atoms with Crippen LogP contribution < -0.4 is 5.32 Å². The van der Waals surface area contributed by atoms with E-state index >= 15 is 0 Å². The molecule has 0 atom stereocenters. The maximum atomic E-state index is 11.5. The predicted molar refractivity (Wildman–Crippen MR) is 57.0 cm³/mol. The summed E-state index contributed by atoms with van der Waals surface area (Å²) >= 11 is 0. The Morgan fingerprint density at radius 2 is 1.43 bits per heavy atom. The second kappa shape index (κ2) is 4.11. The molecule has 0 rings (SSSR count). The van der Waals surface area contributed by atoms with Crippen molar-refractivity contribution in [3.8, 4) is 0 Å². The third-order valence-corrected chi connectivity index (χ3v) is 1.67. The minimum atomic E-state index is -0.435. The molecule has 0 saturated carbocycles. The lowest BCUT2D eigenvalue weighted by Crippen LogP contribution is -2.42. The van der Waals surface area contributed by atoms with E-state index in [1.165, 1.54) is 0 Å². The Morgan fingerprint density at radius 1 is 1.00 bits per heavy atom. The van der Waals surface area contributed by atoms with Crippen molar-refractivity contribution in [2.24, 2.45) is 5.41 Å². The first kappa shape index (κ1) is 13.1. The number of hydrogen-bond donors (Lipinski definition) is 1. The molecule has 0 radical (unpaired) electrons. The van der Waals surface area contributed by atoms with Crippen molar-refractivity contribution in [2.45, 2.75) is 53.5 Å². The number of hydrogen-bond acceptors (Lipinski definition) is 2. The standard InChI is InChI=1S/C11H21NO2/c1-10(2,3)8(13)7-9(14)12-11(4,5)6/h7H2,1-6H3,(H,12,14). The Morgan fingerprint density at radius 3 is 1.71 bits per heavy atom. The fourth-order valence-electron chi connectivity index (χ4n) is 0.873. The molecule has 0 aliphatic heterocycles. The van der Waals surface area contributed by atoms with E-state index < -0.39 is 5.41 Å². The van der Waals surface area contributed by atoms with Crippen molar-refractivity contribution >= 4 is 11.7 Å². The number of carbonyl (C=O) groups is 2. The van der Waals surface area contributed by atoms with Crippen molar-refractivity contribution in [1.29, 1.82) is 0 Å². The van der Waals surface area contributed by atoms with Crippen LogP contribution in [0.2, 0.25) is 0 Å². The molecule has 0 heterocycles. The van der Waals surface area contributed by atoms with Gasteiger partial charge in [-0.15, -0.1) is 0 Å². The fraction of sp³-hybridized carbons (Fsp3) is 0.818. The highest BCUT2D eigenvalue weighted by Gasteiger charge is 2.25. The number of nitrogens with one attached hydrogen (secondary N) is 1. The third-order valence-electron chi connectivity index (χ3n) is 1.67. The second-order valence-electron chi connectivity index (χ2n) is 5.65. The Labute approximate surface area is 86.3 Å². The summed E-state index contributed by atoms with van der Waals surface area (Å²) in [5, 5.41) is 2.76. The monoisotopic (exact) mass is 199 g/mol. The van der Waals surface area contributed by atoms with Gasteiger partial charge in [0.2, 0.25) is 5.91 Å². The third kappa shape index (κ3) is 5.73. The topological polar surface area (TPSA) is 46.2 Å². The molecule has 3 heteroatoms. The second-order valence-corrected chi connectivity index (χ2v) is 5.65. The summed E-state index contributed by atoms with van der Waals surface area (Å²) in [5.41, 5.74) is -0.704. The molecule has 0 aromatic carbocycles. The van der Waals surface area contributed by atoms with Crippen molar-refractivity contribution in [3.05, 3.63) is 0 Å². The summed E-state index contributed by atoms with van der Waals surface area (Å²) in [6.07, 6.45) is -0.0270. The van der Waals surface area contributed by atoms with Gasteiger partial charge in [0.15, 0.2) is 0 Å². The minimum Gasteiger partial charge on any atom is -0.351 e. The number of ketones is 1. The zero-order chi connectivity index (χ0) is 11.6. The van der Waals surface area contributed by atoms with E-state index in [1.54, 1.807) is 0 Å². The van der Waals surface area contributed by atoms with Gasteiger partial charge >= 0.3 is 0 Å². The number of rotatable bonds is 2. The molecule has 0 bridgehead atoms. The highest BCUT2D eigenvalue weighted by molar-refractivity contribution is 6.00. The number of Topliss-reactive ketones (excluding diaryl/α,β-unsaturated/α-hetero) is 1. The zero-order valence-electron chi connectivity index (χ0n) is 10.0. The van der Waals surface area contributed by atoms with E-state index in [9.17, 15) is 9.59 Å². The van der Waals surface area contributed by atoms with Crippen LogP contribution in [0.5, 0.6) is 0 Å².